The Morgan fingerprint density at radius 3 is 2.29 bits per heavy atom. The second-order valence-electron chi connectivity index (χ2n) is 2.57. The SMILES string of the molecule is CCOc1c(F)cc(C(N)=O)cc1F. The molecule has 1 aromatic rings. The zero-order valence-corrected chi connectivity index (χ0v) is 7.51. The molecule has 0 aliphatic heterocycles. The number of rotatable bonds is 3. The minimum Gasteiger partial charge on any atom is -0.488 e. The van der Waals surface area contributed by atoms with Gasteiger partial charge in [0.2, 0.25) is 5.91 Å². The summed E-state index contributed by atoms with van der Waals surface area (Å²) in [5, 5.41) is 0. The number of hydrogen-bond acceptors (Lipinski definition) is 2. The average molecular weight is 201 g/mol. The fourth-order valence-electron chi connectivity index (χ4n) is 0.984. The lowest BCUT2D eigenvalue weighted by molar-refractivity contribution is 0.0999. The number of primary amides is 1. The summed E-state index contributed by atoms with van der Waals surface area (Å²) in [4.78, 5) is 10.6. The van der Waals surface area contributed by atoms with Crippen molar-refractivity contribution < 1.29 is 18.3 Å². The van der Waals surface area contributed by atoms with Gasteiger partial charge in [-0.2, -0.15) is 0 Å². The van der Waals surface area contributed by atoms with E-state index in [9.17, 15) is 13.6 Å². The normalized spacial score (nSPS) is 9.93. The van der Waals surface area contributed by atoms with E-state index in [2.05, 4.69) is 0 Å². The first kappa shape index (κ1) is 10.4. The standard InChI is InChI=1S/C9H9F2NO2/c1-2-14-8-6(10)3-5(9(12)13)4-7(8)11/h3-4H,2H2,1H3,(H2,12,13). The lowest BCUT2D eigenvalue weighted by Gasteiger charge is -2.06. The fourth-order valence-corrected chi connectivity index (χ4v) is 0.984. The Hall–Kier alpha value is -1.65. The van der Waals surface area contributed by atoms with Crippen molar-refractivity contribution in [3.63, 3.8) is 0 Å². The molecule has 0 aromatic heterocycles. The maximum Gasteiger partial charge on any atom is 0.248 e. The van der Waals surface area contributed by atoms with Gasteiger partial charge in [0.25, 0.3) is 0 Å². The summed E-state index contributed by atoms with van der Waals surface area (Å²) in [6.45, 7) is 1.74. The first-order valence-electron chi connectivity index (χ1n) is 3.98. The number of carbonyl (C=O) groups is 1. The quantitative estimate of drug-likeness (QED) is 0.804. The summed E-state index contributed by atoms with van der Waals surface area (Å²) in [7, 11) is 0. The first-order chi connectivity index (χ1) is 6.56. The highest BCUT2D eigenvalue weighted by molar-refractivity contribution is 5.92. The van der Waals surface area contributed by atoms with Gasteiger partial charge in [-0.05, 0) is 19.1 Å². The highest BCUT2D eigenvalue weighted by Gasteiger charge is 2.14. The monoisotopic (exact) mass is 201 g/mol. The predicted molar refractivity (Wildman–Crippen MR) is 46.0 cm³/mol. The molecule has 0 saturated carbocycles. The van der Waals surface area contributed by atoms with Crippen molar-refractivity contribution in [2.24, 2.45) is 5.73 Å². The van der Waals surface area contributed by atoms with Crippen LogP contribution in [0.3, 0.4) is 0 Å². The average Bonchev–Trinajstić information content (AvgIpc) is 2.10. The molecule has 1 aromatic carbocycles. The Balaban J connectivity index is 3.18. The Kier molecular flexibility index (Phi) is 3.01. The van der Waals surface area contributed by atoms with Crippen LogP contribution in [0.2, 0.25) is 0 Å². The molecule has 5 heteroatoms. The number of ether oxygens (including phenoxy) is 1. The number of halogens is 2. The van der Waals surface area contributed by atoms with Crippen molar-refractivity contribution in [3.8, 4) is 5.75 Å². The Bertz CT molecular complexity index is 343. The number of hydrogen-bond donors (Lipinski definition) is 1. The van der Waals surface area contributed by atoms with Crippen LogP contribution in [-0.4, -0.2) is 12.5 Å². The molecule has 0 atom stereocenters. The van der Waals surface area contributed by atoms with Crippen molar-refractivity contribution in [2.45, 2.75) is 6.92 Å². The molecule has 14 heavy (non-hydrogen) atoms. The summed E-state index contributed by atoms with van der Waals surface area (Å²) in [5.74, 6) is -3.23. The van der Waals surface area contributed by atoms with Gasteiger partial charge in [-0.25, -0.2) is 8.78 Å². The van der Waals surface area contributed by atoms with Crippen molar-refractivity contribution >= 4 is 5.91 Å². The van der Waals surface area contributed by atoms with Crippen LogP contribution in [-0.2, 0) is 0 Å². The van der Waals surface area contributed by atoms with E-state index >= 15 is 0 Å². The molecule has 0 bridgehead atoms. The molecule has 76 valence electrons. The van der Waals surface area contributed by atoms with E-state index in [4.69, 9.17) is 10.5 Å². The first-order valence-corrected chi connectivity index (χ1v) is 3.98. The van der Waals surface area contributed by atoms with Gasteiger partial charge in [0.1, 0.15) is 0 Å². The molecule has 0 radical (unpaired) electrons. The molecule has 0 fully saturated rings. The van der Waals surface area contributed by atoms with E-state index in [0.717, 1.165) is 12.1 Å². The number of nitrogens with two attached hydrogens (primary N) is 1. The zero-order valence-electron chi connectivity index (χ0n) is 7.51. The molecule has 1 rings (SSSR count). The Labute approximate surface area is 79.5 Å². The topological polar surface area (TPSA) is 52.3 Å². The van der Waals surface area contributed by atoms with Gasteiger partial charge in [-0.3, -0.25) is 4.79 Å². The van der Waals surface area contributed by atoms with Crippen LogP contribution in [0.1, 0.15) is 17.3 Å². The molecule has 0 heterocycles. The summed E-state index contributed by atoms with van der Waals surface area (Å²) in [6, 6.07) is 1.69. The number of amides is 1. The second kappa shape index (κ2) is 4.04. The Morgan fingerprint density at radius 1 is 1.43 bits per heavy atom. The lowest BCUT2D eigenvalue weighted by Crippen LogP contribution is -2.12. The Morgan fingerprint density at radius 2 is 1.93 bits per heavy atom. The fraction of sp³-hybridized carbons (Fsp3) is 0.222. The van der Waals surface area contributed by atoms with Crippen molar-refractivity contribution in [3.05, 3.63) is 29.3 Å². The molecule has 0 unspecified atom stereocenters. The van der Waals surface area contributed by atoms with Crippen molar-refractivity contribution in [2.75, 3.05) is 6.61 Å². The van der Waals surface area contributed by atoms with Gasteiger partial charge in [0.15, 0.2) is 17.4 Å². The van der Waals surface area contributed by atoms with Crippen LogP contribution in [0.25, 0.3) is 0 Å². The van der Waals surface area contributed by atoms with E-state index < -0.39 is 23.3 Å². The van der Waals surface area contributed by atoms with Gasteiger partial charge < -0.3 is 10.5 Å². The highest BCUT2D eigenvalue weighted by Crippen LogP contribution is 2.22. The van der Waals surface area contributed by atoms with Crippen molar-refractivity contribution in [1.29, 1.82) is 0 Å². The largest absolute Gasteiger partial charge is 0.488 e. The van der Waals surface area contributed by atoms with Crippen molar-refractivity contribution in [1.82, 2.24) is 0 Å². The molecule has 0 aliphatic rings. The third-order valence-electron chi connectivity index (χ3n) is 1.57. The van der Waals surface area contributed by atoms with E-state index in [-0.39, 0.29) is 12.2 Å². The van der Waals surface area contributed by atoms with Crippen LogP contribution in [0.15, 0.2) is 12.1 Å². The molecule has 0 spiro atoms. The summed E-state index contributed by atoms with van der Waals surface area (Å²) >= 11 is 0. The van der Waals surface area contributed by atoms with Gasteiger partial charge in [0.05, 0.1) is 6.61 Å². The van der Waals surface area contributed by atoms with E-state index in [1.807, 2.05) is 0 Å². The highest BCUT2D eigenvalue weighted by atomic mass is 19.1. The molecule has 0 saturated heterocycles. The van der Waals surface area contributed by atoms with Gasteiger partial charge in [-0.15, -0.1) is 0 Å². The third-order valence-corrected chi connectivity index (χ3v) is 1.57. The zero-order chi connectivity index (χ0) is 10.7. The summed E-state index contributed by atoms with van der Waals surface area (Å²) in [6.07, 6.45) is 0. The minimum absolute atomic E-state index is 0.143. The molecular weight excluding hydrogens is 192 g/mol. The molecule has 2 N–H and O–H groups in total. The predicted octanol–water partition coefficient (Wildman–Crippen LogP) is 1.46. The van der Waals surface area contributed by atoms with Gasteiger partial charge in [0, 0.05) is 5.56 Å². The maximum atomic E-state index is 13.1. The number of benzene rings is 1. The smallest absolute Gasteiger partial charge is 0.248 e. The molecule has 0 aliphatic carbocycles. The second-order valence-corrected chi connectivity index (χ2v) is 2.57. The summed E-state index contributed by atoms with van der Waals surface area (Å²) in [5.41, 5.74) is 4.64. The number of carbonyl (C=O) groups excluding carboxylic acids is 1. The molecular formula is C9H9F2NO2. The van der Waals surface area contributed by atoms with Crippen LogP contribution in [0.4, 0.5) is 8.78 Å². The minimum atomic E-state index is -0.930. The van der Waals surface area contributed by atoms with Gasteiger partial charge >= 0.3 is 0 Å². The molecule has 1 amide bonds. The van der Waals surface area contributed by atoms with E-state index in [1.54, 1.807) is 6.92 Å². The van der Waals surface area contributed by atoms with E-state index in [1.165, 1.54) is 0 Å². The van der Waals surface area contributed by atoms with Crippen LogP contribution in [0, 0.1) is 11.6 Å². The van der Waals surface area contributed by atoms with Crippen LogP contribution >= 0.6 is 0 Å². The molecule has 3 nitrogen and oxygen atoms in total. The van der Waals surface area contributed by atoms with Crippen LogP contribution < -0.4 is 10.5 Å². The lowest BCUT2D eigenvalue weighted by atomic mass is 10.2. The maximum absolute atomic E-state index is 13.1. The van der Waals surface area contributed by atoms with Crippen LogP contribution in [0.5, 0.6) is 5.75 Å². The third kappa shape index (κ3) is 1.99. The van der Waals surface area contributed by atoms with Gasteiger partial charge in [-0.1, -0.05) is 0 Å². The summed E-state index contributed by atoms with van der Waals surface area (Å²) < 4.78 is 30.9. The van der Waals surface area contributed by atoms with E-state index in [0.29, 0.717) is 0 Å².